The van der Waals surface area contributed by atoms with Crippen LogP contribution in [0.1, 0.15) is 50.6 Å². The minimum Gasteiger partial charge on any atom is -0.353 e. The van der Waals surface area contributed by atoms with Gasteiger partial charge in [0, 0.05) is 55.3 Å². The van der Waals surface area contributed by atoms with Crippen molar-refractivity contribution >= 4 is 30.9 Å². The molecule has 0 radical (unpaired) electrons. The molecule has 43 heavy (non-hydrogen) atoms. The van der Waals surface area contributed by atoms with Crippen molar-refractivity contribution in [2.45, 2.75) is 64.1 Å². The van der Waals surface area contributed by atoms with E-state index in [1.807, 2.05) is 29.1 Å². The summed E-state index contributed by atoms with van der Waals surface area (Å²) in [5, 5.41) is 20.3. The summed E-state index contributed by atoms with van der Waals surface area (Å²) >= 11 is 0. The Morgan fingerprint density at radius 2 is 1.79 bits per heavy atom. The fraction of sp³-hybridized carbons (Fsp3) is 0.655. The molecule has 3 aromatic rings. The lowest BCUT2D eigenvalue weighted by atomic mass is 9.95. The van der Waals surface area contributed by atoms with Crippen LogP contribution in [0.4, 0.5) is 11.8 Å². The summed E-state index contributed by atoms with van der Waals surface area (Å²) in [6.45, 7) is 8.54. The van der Waals surface area contributed by atoms with Gasteiger partial charge in [-0.2, -0.15) is 4.98 Å². The molecule has 5 rings (SSSR count). The van der Waals surface area contributed by atoms with E-state index in [9.17, 15) is 4.57 Å². The van der Waals surface area contributed by atoms with Crippen LogP contribution in [0.2, 0.25) is 0 Å². The van der Waals surface area contributed by atoms with Crippen LogP contribution in [0.3, 0.4) is 0 Å². The third kappa shape index (κ3) is 10.1. The Morgan fingerprint density at radius 1 is 0.977 bits per heavy atom. The second kappa shape index (κ2) is 16.9. The summed E-state index contributed by atoms with van der Waals surface area (Å²) in [7, 11) is -2.55. The van der Waals surface area contributed by atoms with Gasteiger partial charge in [-0.05, 0) is 57.5 Å². The maximum absolute atomic E-state index is 10.8. The van der Waals surface area contributed by atoms with Crippen LogP contribution in [0, 0.1) is 0 Å². The number of aryl methyl sites for hydroxylation is 1. The molecule has 0 spiro atoms. The molecule has 1 aliphatic heterocycles. The van der Waals surface area contributed by atoms with Gasteiger partial charge in [-0.25, -0.2) is 4.98 Å². The van der Waals surface area contributed by atoms with Crippen LogP contribution in [0.25, 0.3) is 10.9 Å². The van der Waals surface area contributed by atoms with Crippen molar-refractivity contribution in [1.82, 2.24) is 40.5 Å². The molecule has 13 nitrogen and oxygen atoms in total. The van der Waals surface area contributed by atoms with Crippen molar-refractivity contribution in [1.29, 1.82) is 0 Å². The molecule has 234 valence electrons. The van der Waals surface area contributed by atoms with Gasteiger partial charge in [-0.3, -0.25) is 9.58 Å². The average Bonchev–Trinajstić information content (AvgIpc) is 3.49. The van der Waals surface area contributed by atoms with E-state index in [1.165, 1.54) is 32.1 Å². The van der Waals surface area contributed by atoms with E-state index in [1.54, 1.807) is 0 Å². The number of para-hydroxylation sites is 1. The first kappa shape index (κ1) is 31.6. The molecule has 1 aliphatic carbocycles. The van der Waals surface area contributed by atoms with Gasteiger partial charge in [-0.15, -0.1) is 14.5 Å². The average molecular weight is 614 g/mol. The number of rotatable bonds is 17. The van der Waals surface area contributed by atoms with Crippen LogP contribution >= 0.6 is 8.25 Å². The highest BCUT2D eigenvalue weighted by Crippen LogP contribution is 2.26. The first-order chi connectivity index (χ1) is 21.1. The molecular weight excluding hydrogens is 567 g/mol. The van der Waals surface area contributed by atoms with Gasteiger partial charge < -0.3 is 20.9 Å². The molecule has 2 fully saturated rings. The molecular formula is C29H46N10O3P+. The van der Waals surface area contributed by atoms with Crippen molar-refractivity contribution < 1.29 is 14.0 Å². The molecule has 1 atom stereocenters. The molecule has 4 N–H and O–H groups in total. The van der Waals surface area contributed by atoms with E-state index in [0.29, 0.717) is 19.0 Å². The number of anilines is 2. The summed E-state index contributed by atoms with van der Waals surface area (Å²) in [5.74, 6) is 1.47. The molecule has 3 heterocycles. The number of fused-ring (bicyclic) bond motifs is 1. The van der Waals surface area contributed by atoms with E-state index in [4.69, 9.17) is 19.4 Å². The summed E-state index contributed by atoms with van der Waals surface area (Å²) < 4.78 is 17.5. The van der Waals surface area contributed by atoms with E-state index in [-0.39, 0.29) is 6.61 Å². The topological polar surface area (TPSA) is 146 Å². The van der Waals surface area contributed by atoms with Crippen molar-refractivity contribution in [2.24, 2.45) is 0 Å². The third-order valence-corrected chi connectivity index (χ3v) is 8.59. The number of hydrogen-bond acceptors (Lipinski definition) is 11. The molecule has 14 heteroatoms. The monoisotopic (exact) mass is 613 g/mol. The lowest BCUT2D eigenvalue weighted by molar-refractivity contribution is 0.194. The van der Waals surface area contributed by atoms with Gasteiger partial charge in [0.1, 0.15) is 18.1 Å². The normalized spacial score (nSPS) is 17.0. The minimum absolute atomic E-state index is 0.246. The zero-order valence-corrected chi connectivity index (χ0v) is 25.9. The van der Waals surface area contributed by atoms with Gasteiger partial charge in [0.15, 0.2) is 0 Å². The summed E-state index contributed by atoms with van der Waals surface area (Å²) in [6, 6.07) is 8.80. The zero-order valence-electron chi connectivity index (χ0n) is 25.0. The smallest absolute Gasteiger partial charge is 0.353 e. The molecule has 0 amide bonds. The summed E-state index contributed by atoms with van der Waals surface area (Å²) in [4.78, 5) is 23.0. The fourth-order valence-electron chi connectivity index (χ4n) is 5.83. The Morgan fingerprint density at radius 3 is 2.63 bits per heavy atom. The standard InChI is InChI=1S/C29H45N10O3P/c40-43(41)42-21-20-37-16-18-38(19-17-37)28-26-10-4-5-11-27(26)33-29(34-28)32-22-25-23-39(36-35-25)15-7-13-30-12-6-14-31-24-8-2-1-3-9-24/h4-5,10-11,23-24,30-31H,1-3,6-9,12-22H2,(H-,32,33,34,40,41)/p+1. The van der Waals surface area contributed by atoms with Crippen LogP contribution < -0.4 is 20.9 Å². The minimum atomic E-state index is -2.55. The predicted octanol–water partition coefficient (Wildman–Crippen LogP) is 2.91. The van der Waals surface area contributed by atoms with E-state index in [0.717, 1.165) is 93.7 Å². The molecule has 1 saturated heterocycles. The molecule has 1 saturated carbocycles. The Hall–Kier alpha value is -2.80. The first-order valence-electron chi connectivity index (χ1n) is 15.7. The SMILES string of the molecule is O=[P+](O)OCCN1CCN(c2nc(NCc3cn(CCCNCCCNC4CCCCC4)nn3)nc3ccccc23)CC1. The van der Waals surface area contributed by atoms with Gasteiger partial charge in [0.25, 0.3) is 0 Å². The third-order valence-electron chi connectivity index (χ3n) is 8.19. The van der Waals surface area contributed by atoms with E-state index < -0.39 is 8.25 Å². The second-order valence-electron chi connectivity index (χ2n) is 11.4. The van der Waals surface area contributed by atoms with Gasteiger partial charge in [-0.1, -0.05) is 36.6 Å². The summed E-state index contributed by atoms with van der Waals surface area (Å²) in [6.07, 6.45) is 11.0. The first-order valence-corrected chi connectivity index (χ1v) is 16.9. The highest BCUT2D eigenvalue weighted by atomic mass is 31.1. The predicted molar refractivity (Wildman–Crippen MR) is 168 cm³/mol. The quantitative estimate of drug-likeness (QED) is 0.131. The Balaban J connectivity index is 1.04. The molecule has 2 aliphatic rings. The van der Waals surface area contributed by atoms with Crippen LogP contribution in [-0.2, 0) is 22.2 Å². The molecule has 2 aromatic heterocycles. The number of benzene rings is 1. The number of piperazine rings is 1. The molecule has 1 aromatic carbocycles. The lowest BCUT2D eigenvalue weighted by Gasteiger charge is -2.35. The Bertz CT molecular complexity index is 1280. The lowest BCUT2D eigenvalue weighted by Crippen LogP contribution is -2.47. The highest BCUT2D eigenvalue weighted by Gasteiger charge is 2.22. The van der Waals surface area contributed by atoms with Crippen LogP contribution in [0.5, 0.6) is 0 Å². The van der Waals surface area contributed by atoms with Crippen molar-refractivity contribution in [3.63, 3.8) is 0 Å². The van der Waals surface area contributed by atoms with E-state index in [2.05, 4.69) is 42.1 Å². The van der Waals surface area contributed by atoms with Crippen molar-refractivity contribution in [3.8, 4) is 0 Å². The highest BCUT2D eigenvalue weighted by molar-refractivity contribution is 7.32. The van der Waals surface area contributed by atoms with Gasteiger partial charge >= 0.3 is 8.25 Å². The maximum atomic E-state index is 10.8. The van der Waals surface area contributed by atoms with Gasteiger partial charge in [0.05, 0.1) is 18.3 Å². The largest absolute Gasteiger partial charge is 0.694 e. The Kier molecular flexibility index (Phi) is 12.4. The molecule has 0 bridgehead atoms. The zero-order chi connectivity index (χ0) is 29.7. The summed E-state index contributed by atoms with van der Waals surface area (Å²) in [5.41, 5.74) is 1.74. The van der Waals surface area contributed by atoms with E-state index >= 15 is 0 Å². The van der Waals surface area contributed by atoms with Crippen molar-refractivity contribution in [2.75, 3.05) is 69.2 Å². The number of nitrogens with one attached hydrogen (secondary N) is 3. The number of nitrogens with zero attached hydrogens (tertiary/aromatic N) is 7. The van der Waals surface area contributed by atoms with Crippen molar-refractivity contribution in [3.05, 3.63) is 36.2 Å². The van der Waals surface area contributed by atoms with Crippen LogP contribution in [-0.4, -0.2) is 99.8 Å². The maximum Gasteiger partial charge on any atom is 0.694 e. The number of hydrogen-bond donors (Lipinski definition) is 4. The van der Waals surface area contributed by atoms with Gasteiger partial charge in [0.2, 0.25) is 5.95 Å². The number of aromatic nitrogens is 5. The second-order valence-corrected chi connectivity index (χ2v) is 12.1. The molecule has 1 unspecified atom stereocenters. The fourth-order valence-corrected chi connectivity index (χ4v) is 6.06. The Labute approximate surface area is 254 Å². The van der Waals surface area contributed by atoms with Crippen LogP contribution in [0.15, 0.2) is 30.5 Å².